The quantitative estimate of drug-likeness (QED) is 0.472. The molecule has 5 heteroatoms. The van der Waals surface area contributed by atoms with Crippen molar-refractivity contribution in [1.29, 1.82) is 0 Å². The van der Waals surface area contributed by atoms with Crippen molar-refractivity contribution < 1.29 is 13.3 Å². The summed E-state index contributed by atoms with van der Waals surface area (Å²) in [6.45, 7) is 12.6. The largest absolute Gasteiger partial charge is 0.436 e. The molecule has 0 radical (unpaired) electrons. The van der Waals surface area contributed by atoms with Gasteiger partial charge in [0.1, 0.15) is 0 Å². The first-order chi connectivity index (χ1) is 7.27. The molecule has 0 aliphatic rings. The van der Waals surface area contributed by atoms with E-state index in [2.05, 4.69) is 32.7 Å². The van der Waals surface area contributed by atoms with E-state index >= 15 is 0 Å². The minimum absolute atomic E-state index is 0.827. The van der Waals surface area contributed by atoms with Crippen molar-refractivity contribution >= 4 is 16.9 Å². The van der Waals surface area contributed by atoms with Gasteiger partial charge in [0.15, 0.2) is 8.32 Å². The molecule has 16 heavy (non-hydrogen) atoms. The molecular formula is C11H28O3Si2. The monoisotopic (exact) mass is 264 g/mol. The zero-order chi connectivity index (χ0) is 12.7. The Hall–Kier alpha value is 0.314. The van der Waals surface area contributed by atoms with Crippen molar-refractivity contribution in [2.75, 3.05) is 20.3 Å². The van der Waals surface area contributed by atoms with Gasteiger partial charge in [-0.05, 0) is 52.0 Å². The van der Waals surface area contributed by atoms with Crippen LogP contribution in [0.15, 0.2) is 0 Å². The van der Waals surface area contributed by atoms with Crippen molar-refractivity contribution in [2.24, 2.45) is 0 Å². The molecule has 3 nitrogen and oxygen atoms in total. The van der Waals surface area contributed by atoms with Crippen LogP contribution in [0.5, 0.6) is 0 Å². The van der Waals surface area contributed by atoms with Crippen molar-refractivity contribution in [2.45, 2.75) is 52.0 Å². The normalized spacial score (nSPS) is 13.1. The number of ether oxygens (including phenoxy) is 1. The third-order valence-electron chi connectivity index (χ3n) is 1.99. The van der Waals surface area contributed by atoms with E-state index in [1.54, 1.807) is 7.11 Å². The van der Waals surface area contributed by atoms with Crippen LogP contribution in [0.1, 0.15) is 19.3 Å². The van der Waals surface area contributed by atoms with Gasteiger partial charge in [-0.1, -0.05) is 0 Å². The lowest BCUT2D eigenvalue weighted by atomic mass is 10.2. The van der Waals surface area contributed by atoms with E-state index in [1.165, 1.54) is 6.42 Å². The fourth-order valence-electron chi connectivity index (χ4n) is 1.61. The summed E-state index contributed by atoms with van der Waals surface area (Å²) < 4.78 is 17.0. The summed E-state index contributed by atoms with van der Waals surface area (Å²) in [6, 6.07) is 0. The van der Waals surface area contributed by atoms with Crippen LogP contribution in [0.4, 0.5) is 0 Å². The fourth-order valence-corrected chi connectivity index (χ4v) is 8.38. The highest BCUT2D eigenvalue weighted by Crippen LogP contribution is 2.15. The number of unbranched alkanes of at least 4 members (excludes halogenated alkanes) is 2. The van der Waals surface area contributed by atoms with Gasteiger partial charge in [-0.25, -0.2) is 0 Å². The highest BCUT2D eigenvalue weighted by atomic mass is 28.4. The molecule has 0 aliphatic heterocycles. The second-order valence-electron chi connectivity index (χ2n) is 5.52. The summed E-state index contributed by atoms with van der Waals surface area (Å²) in [4.78, 5) is 0. The molecular weight excluding hydrogens is 236 g/mol. The van der Waals surface area contributed by atoms with Crippen LogP contribution in [0.2, 0.25) is 32.7 Å². The van der Waals surface area contributed by atoms with E-state index in [-0.39, 0.29) is 0 Å². The van der Waals surface area contributed by atoms with Gasteiger partial charge in [0, 0.05) is 20.3 Å². The maximum atomic E-state index is 6.08. The highest BCUT2D eigenvalue weighted by Gasteiger charge is 2.31. The van der Waals surface area contributed by atoms with Gasteiger partial charge in [0.25, 0.3) is 0 Å². The molecule has 0 aromatic heterocycles. The van der Waals surface area contributed by atoms with Crippen LogP contribution in [-0.4, -0.2) is 37.2 Å². The number of rotatable bonds is 9. The third kappa shape index (κ3) is 10.8. The number of methoxy groups -OCH3 is 1. The zero-order valence-electron chi connectivity index (χ0n) is 11.8. The van der Waals surface area contributed by atoms with E-state index < -0.39 is 16.9 Å². The highest BCUT2D eigenvalue weighted by molar-refractivity contribution is 6.81. The minimum Gasteiger partial charge on any atom is -0.436 e. The minimum atomic E-state index is -1.88. The van der Waals surface area contributed by atoms with Crippen molar-refractivity contribution in [3.63, 3.8) is 0 Å². The van der Waals surface area contributed by atoms with E-state index in [0.29, 0.717) is 0 Å². The van der Waals surface area contributed by atoms with Gasteiger partial charge in [0.2, 0.25) is 0 Å². The van der Waals surface area contributed by atoms with Crippen molar-refractivity contribution in [3.8, 4) is 0 Å². The topological polar surface area (TPSA) is 27.7 Å². The van der Waals surface area contributed by atoms with Crippen LogP contribution < -0.4 is 0 Å². The maximum absolute atomic E-state index is 6.08. The lowest BCUT2D eigenvalue weighted by Crippen LogP contribution is -2.44. The van der Waals surface area contributed by atoms with Crippen LogP contribution in [-0.2, 0) is 13.3 Å². The van der Waals surface area contributed by atoms with Gasteiger partial charge in [0.05, 0.1) is 0 Å². The Morgan fingerprint density at radius 3 is 1.88 bits per heavy atom. The first kappa shape index (κ1) is 16.3. The molecule has 0 atom stereocenters. The predicted molar refractivity (Wildman–Crippen MR) is 73.6 cm³/mol. The SMILES string of the molecule is COCCCCCO[Si](C)(C)O[Si](C)(C)C. The molecule has 0 heterocycles. The average Bonchev–Trinajstić information content (AvgIpc) is 2.06. The number of hydrogen-bond acceptors (Lipinski definition) is 3. The second kappa shape index (κ2) is 7.60. The summed E-state index contributed by atoms with van der Waals surface area (Å²) in [5.74, 6) is 0. The second-order valence-corrected chi connectivity index (χ2v) is 13.6. The van der Waals surface area contributed by atoms with E-state index in [0.717, 1.165) is 26.1 Å². The Labute approximate surface area is 103 Å². The Morgan fingerprint density at radius 2 is 1.38 bits per heavy atom. The molecule has 0 saturated heterocycles. The molecule has 0 rings (SSSR count). The third-order valence-corrected chi connectivity index (χ3v) is 7.31. The Bertz CT molecular complexity index is 179. The zero-order valence-corrected chi connectivity index (χ0v) is 13.8. The molecule has 0 aliphatic carbocycles. The van der Waals surface area contributed by atoms with Crippen LogP contribution in [0.3, 0.4) is 0 Å². The van der Waals surface area contributed by atoms with Gasteiger partial charge in [-0.3, -0.25) is 0 Å². The van der Waals surface area contributed by atoms with E-state index in [4.69, 9.17) is 13.3 Å². The Kier molecular flexibility index (Phi) is 7.75. The molecule has 0 amide bonds. The summed E-state index contributed by atoms with van der Waals surface area (Å²) in [5.41, 5.74) is 0. The molecule has 0 aromatic rings. The standard InChI is InChI=1S/C11H28O3Si2/c1-12-10-8-7-9-11-13-16(5,6)14-15(2,3)4/h7-11H2,1-6H3. The molecule has 0 N–H and O–H groups in total. The average molecular weight is 265 g/mol. The summed E-state index contributed by atoms with van der Waals surface area (Å²) >= 11 is 0. The van der Waals surface area contributed by atoms with Gasteiger partial charge >= 0.3 is 8.56 Å². The Morgan fingerprint density at radius 1 is 0.812 bits per heavy atom. The fraction of sp³-hybridized carbons (Fsp3) is 1.00. The lowest BCUT2D eigenvalue weighted by molar-refractivity contribution is 0.186. The number of hydrogen-bond donors (Lipinski definition) is 0. The van der Waals surface area contributed by atoms with Gasteiger partial charge < -0.3 is 13.3 Å². The van der Waals surface area contributed by atoms with Crippen molar-refractivity contribution in [3.05, 3.63) is 0 Å². The van der Waals surface area contributed by atoms with E-state index in [9.17, 15) is 0 Å². The van der Waals surface area contributed by atoms with Crippen LogP contribution in [0, 0.1) is 0 Å². The molecule has 0 spiro atoms. The molecule has 0 unspecified atom stereocenters. The van der Waals surface area contributed by atoms with E-state index in [1.807, 2.05) is 0 Å². The molecule has 0 aromatic carbocycles. The Balaban J connectivity index is 3.58. The molecule has 0 saturated carbocycles. The first-order valence-electron chi connectivity index (χ1n) is 6.10. The van der Waals surface area contributed by atoms with Crippen LogP contribution in [0.25, 0.3) is 0 Å². The summed E-state index contributed by atoms with van der Waals surface area (Å²) in [5, 5.41) is 0. The summed E-state index contributed by atoms with van der Waals surface area (Å²) in [7, 11) is -1.59. The van der Waals surface area contributed by atoms with Gasteiger partial charge in [-0.15, -0.1) is 0 Å². The van der Waals surface area contributed by atoms with Gasteiger partial charge in [-0.2, -0.15) is 0 Å². The molecule has 98 valence electrons. The van der Waals surface area contributed by atoms with Crippen molar-refractivity contribution in [1.82, 2.24) is 0 Å². The smallest absolute Gasteiger partial charge is 0.321 e. The lowest BCUT2D eigenvalue weighted by Gasteiger charge is -2.30. The summed E-state index contributed by atoms with van der Waals surface area (Å²) in [6.07, 6.45) is 3.40. The first-order valence-corrected chi connectivity index (χ1v) is 12.3. The molecule has 0 fully saturated rings. The molecule has 0 bridgehead atoms. The van der Waals surface area contributed by atoms with Crippen LogP contribution >= 0.6 is 0 Å². The predicted octanol–water partition coefficient (Wildman–Crippen LogP) is 3.37. The maximum Gasteiger partial charge on any atom is 0.321 e.